The number of nitrogen functional groups attached to an aromatic ring is 1. The second-order valence-electron chi connectivity index (χ2n) is 4.47. The van der Waals surface area contributed by atoms with Crippen LogP contribution in [0.15, 0.2) is 21.5 Å². The first-order valence-electron chi connectivity index (χ1n) is 6.40. The maximum absolute atomic E-state index is 12.6. The molecular formula is C13H21BrN2O2S. The van der Waals surface area contributed by atoms with Crippen LogP contribution < -0.4 is 5.73 Å². The number of benzene rings is 1. The van der Waals surface area contributed by atoms with Gasteiger partial charge in [0, 0.05) is 23.2 Å². The van der Waals surface area contributed by atoms with Crippen LogP contribution in [0.1, 0.15) is 32.3 Å². The molecule has 1 rings (SSSR count). The highest BCUT2D eigenvalue weighted by molar-refractivity contribution is 9.10. The first-order chi connectivity index (χ1) is 8.84. The van der Waals surface area contributed by atoms with Crippen molar-refractivity contribution in [3.05, 3.63) is 22.2 Å². The molecule has 0 aliphatic carbocycles. The lowest BCUT2D eigenvalue weighted by atomic mass is 10.2. The van der Waals surface area contributed by atoms with Crippen molar-refractivity contribution in [3.63, 3.8) is 0 Å². The fraction of sp³-hybridized carbons (Fsp3) is 0.538. The molecule has 1 aromatic carbocycles. The Morgan fingerprint density at radius 2 is 1.95 bits per heavy atom. The monoisotopic (exact) mass is 348 g/mol. The average molecular weight is 349 g/mol. The molecule has 2 N–H and O–H groups in total. The maximum Gasteiger partial charge on any atom is 0.243 e. The number of nitrogens with two attached hydrogens (primary N) is 1. The summed E-state index contributed by atoms with van der Waals surface area (Å²) in [4.78, 5) is 0.289. The number of anilines is 1. The van der Waals surface area contributed by atoms with Gasteiger partial charge < -0.3 is 5.73 Å². The fourth-order valence-corrected chi connectivity index (χ4v) is 4.26. The van der Waals surface area contributed by atoms with Crippen molar-refractivity contribution in [2.75, 3.05) is 18.8 Å². The van der Waals surface area contributed by atoms with Crippen molar-refractivity contribution < 1.29 is 8.42 Å². The van der Waals surface area contributed by atoms with Gasteiger partial charge in [-0.2, -0.15) is 4.31 Å². The Bertz CT molecular complexity index is 544. The number of halogens is 1. The van der Waals surface area contributed by atoms with Gasteiger partial charge in [0.25, 0.3) is 0 Å². The fourth-order valence-electron chi connectivity index (χ4n) is 1.86. The summed E-state index contributed by atoms with van der Waals surface area (Å²) in [6.07, 6.45) is 1.82. The molecule has 0 radical (unpaired) electrons. The van der Waals surface area contributed by atoms with E-state index < -0.39 is 10.0 Å². The van der Waals surface area contributed by atoms with E-state index in [1.165, 1.54) is 4.31 Å². The van der Waals surface area contributed by atoms with E-state index in [4.69, 9.17) is 5.73 Å². The van der Waals surface area contributed by atoms with E-state index in [9.17, 15) is 8.42 Å². The third kappa shape index (κ3) is 3.70. The summed E-state index contributed by atoms with van der Waals surface area (Å²) in [5, 5.41) is 0. The highest BCUT2D eigenvalue weighted by Gasteiger charge is 2.25. The molecule has 19 heavy (non-hydrogen) atoms. The van der Waals surface area contributed by atoms with E-state index in [0.29, 0.717) is 28.8 Å². The van der Waals surface area contributed by atoms with Gasteiger partial charge >= 0.3 is 0 Å². The molecule has 0 saturated carbocycles. The Morgan fingerprint density at radius 1 is 1.32 bits per heavy atom. The molecule has 4 nitrogen and oxygen atoms in total. The first-order valence-corrected chi connectivity index (χ1v) is 8.63. The van der Waals surface area contributed by atoms with Crippen LogP contribution in [0.3, 0.4) is 0 Å². The van der Waals surface area contributed by atoms with Gasteiger partial charge in [-0.05, 0) is 31.0 Å². The van der Waals surface area contributed by atoms with E-state index >= 15 is 0 Å². The lowest BCUT2D eigenvalue weighted by Gasteiger charge is -2.22. The van der Waals surface area contributed by atoms with Crippen molar-refractivity contribution in [2.45, 2.75) is 38.5 Å². The minimum absolute atomic E-state index is 0.289. The highest BCUT2D eigenvalue weighted by Crippen LogP contribution is 2.28. The van der Waals surface area contributed by atoms with Crippen molar-refractivity contribution in [2.24, 2.45) is 0 Å². The van der Waals surface area contributed by atoms with Crippen LogP contribution in [0, 0.1) is 6.92 Å². The van der Waals surface area contributed by atoms with E-state index in [1.807, 2.05) is 13.8 Å². The number of unbranched alkanes of at least 4 members (excludes halogenated alkanes) is 1. The van der Waals surface area contributed by atoms with E-state index in [0.717, 1.165) is 12.8 Å². The number of nitrogens with zero attached hydrogens (tertiary/aromatic N) is 1. The van der Waals surface area contributed by atoms with Gasteiger partial charge in [0.1, 0.15) is 0 Å². The topological polar surface area (TPSA) is 63.4 Å². The molecule has 0 aromatic heterocycles. The molecule has 1 aromatic rings. The van der Waals surface area contributed by atoms with Crippen molar-refractivity contribution >= 4 is 31.6 Å². The van der Waals surface area contributed by atoms with E-state index in [2.05, 4.69) is 15.9 Å². The lowest BCUT2D eigenvalue weighted by Crippen LogP contribution is -2.32. The molecule has 0 unspecified atom stereocenters. The first kappa shape index (κ1) is 16.5. The molecule has 0 aliphatic heterocycles. The third-order valence-corrected chi connectivity index (χ3v) is 5.65. The normalized spacial score (nSPS) is 12.1. The molecule has 0 fully saturated rings. The predicted octanol–water partition coefficient (Wildman–Crippen LogP) is 3.15. The van der Waals surface area contributed by atoms with Crippen molar-refractivity contribution in [1.82, 2.24) is 4.31 Å². The Kier molecular flexibility index (Phi) is 5.82. The lowest BCUT2D eigenvalue weighted by molar-refractivity contribution is 0.418. The largest absolute Gasteiger partial charge is 0.398 e. The van der Waals surface area contributed by atoms with Gasteiger partial charge in [-0.25, -0.2) is 8.42 Å². The van der Waals surface area contributed by atoms with Crippen LogP contribution >= 0.6 is 15.9 Å². The summed E-state index contributed by atoms with van der Waals surface area (Å²) < 4.78 is 27.5. The van der Waals surface area contributed by atoms with Crippen LogP contribution in [-0.4, -0.2) is 25.8 Å². The maximum atomic E-state index is 12.6. The van der Waals surface area contributed by atoms with Gasteiger partial charge in [-0.1, -0.05) is 36.2 Å². The minimum Gasteiger partial charge on any atom is -0.398 e. The smallest absolute Gasteiger partial charge is 0.243 e. The van der Waals surface area contributed by atoms with Crippen LogP contribution in [0.4, 0.5) is 5.69 Å². The van der Waals surface area contributed by atoms with Gasteiger partial charge in [-0.15, -0.1) is 0 Å². The van der Waals surface area contributed by atoms with Crippen LogP contribution in [0.2, 0.25) is 0 Å². The van der Waals surface area contributed by atoms with E-state index in [-0.39, 0.29) is 4.90 Å². The molecule has 0 spiro atoms. The SMILES string of the molecule is CCCCN(CC)S(=O)(=O)c1cc(Br)cc(N)c1C. The molecule has 0 aliphatic rings. The Labute approximate surface area is 124 Å². The molecular weight excluding hydrogens is 328 g/mol. The number of hydrogen-bond donors (Lipinski definition) is 1. The quantitative estimate of drug-likeness (QED) is 0.803. The second-order valence-corrected chi connectivity index (χ2v) is 7.29. The highest BCUT2D eigenvalue weighted by atomic mass is 79.9. The summed E-state index contributed by atoms with van der Waals surface area (Å²) >= 11 is 3.30. The summed E-state index contributed by atoms with van der Waals surface area (Å²) in [6, 6.07) is 3.34. The standard InChI is InChI=1S/C13H21BrN2O2S/c1-4-6-7-16(5-2)19(17,18)13-9-11(14)8-12(15)10(13)3/h8-9H,4-7,15H2,1-3H3. The zero-order chi connectivity index (χ0) is 14.6. The zero-order valence-corrected chi connectivity index (χ0v) is 14.0. The number of hydrogen-bond acceptors (Lipinski definition) is 3. The zero-order valence-electron chi connectivity index (χ0n) is 11.6. The average Bonchev–Trinajstić information content (AvgIpc) is 2.34. The molecule has 108 valence electrons. The molecule has 6 heteroatoms. The molecule has 0 bridgehead atoms. The van der Waals surface area contributed by atoms with Crippen molar-refractivity contribution in [1.29, 1.82) is 0 Å². The summed E-state index contributed by atoms with van der Waals surface area (Å²) in [7, 11) is -3.48. The molecule has 0 atom stereocenters. The van der Waals surface area contributed by atoms with Crippen LogP contribution in [0.25, 0.3) is 0 Å². The predicted molar refractivity (Wildman–Crippen MR) is 82.6 cm³/mol. The van der Waals surface area contributed by atoms with Crippen LogP contribution in [-0.2, 0) is 10.0 Å². The number of sulfonamides is 1. The van der Waals surface area contributed by atoms with Crippen LogP contribution in [0.5, 0.6) is 0 Å². The van der Waals surface area contributed by atoms with Crippen molar-refractivity contribution in [3.8, 4) is 0 Å². The van der Waals surface area contributed by atoms with E-state index in [1.54, 1.807) is 19.1 Å². The van der Waals surface area contributed by atoms with Gasteiger partial charge in [0.15, 0.2) is 0 Å². The van der Waals surface area contributed by atoms with Gasteiger partial charge in [0.2, 0.25) is 10.0 Å². The minimum atomic E-state index is -3.48. The summed E-state index contributed by atoms with van der Waals surface area (Å²) in [6.45, 7) is 6.64. The Balaban J connectivity index is 3.25. The summed E-state index contributed by atoms with van der Waals surface area (Å²) in [5.74, 6) is 0. The van der Waals surface area contributed by atoms with Gasteiger partial charge in [0.05, 0.1) is 4.90 Å². The number of rotatable bonds is 6. The third-order valence-electron chi connectivity index (χ3n) is 3.10. The molecule has 0 heterocycles. The second kappa shape index (κ2) is 6.72. The van der Waals surface area contributed by atoms with Gasteiger partial charge in [-0.3, -0.25) is 0 Å². The summed E-state index contributed by atoms with van der Waals surface area (Å²) in [5.41, 5.74) is 6.94. The molecule has 0 saturated heterocycles. The Morgan fingerprint density at radius 3 is 2.47 bits per heavy atom. The Hall–Kier alpha value is -0.590. The molecule has 0 amide bonds.